The number of thioether (sulfide) groups is 2. The second-order valence-corrected chi connectivity index (χ2v) is 9.27. The van der Waals surface area contributed by atoms with Crippen molar-refractivity contribution in [2.24, 2.45) is 0 Å². The highest BCUT2D eigenvalue weighted by molar-refractivity contribution is 8.18. The number of nitrogens with one attached hydrogen (secondary N) is 1. The molecule has 1 fully saturated rings. The minimum Gasteiger partial charge on any atom is -0.396 e. The van der Waals surface area contributed by atoms with E-state index in [1.165, 1.54) is 18.2 Å². The van der Waals surface area contributed by atoms with E-state index in [4.69, 9.17) is 5.11 Å². The Balaban J connectivity index is 1.76. The van der Waals surface area contributed by atoms with Gasteiger partial charge in [-0.15, -0.1) is 11.8 Å². The van der Waals surface area contributed by atoms with Crippen molar-refractivity contribution >= 4 is 58.0 Å². The van der Waals surface area contributed by atoms with Crippen LogP contribution in [0, 0.1) is 24.0 Å². The topological polar surface area (TPSA) is 130 Å². The molecule has 3 amide bonds. The molecule has 172 valence electrons. The number of aliphatic hydroxyl groups is 1. The van der Waals surface area contributed by atoms with Gasteiger partial charge in [-0.05, 0) is 54.4 Å². The summed E-state index contributed by atoms with van der Waals surface area (Å²) in [6.45, 7) is 3.14. The summed E-state index contributed by atoms with van der Waals surface area (Å²) in [5.41, 5.74) is 2.57. The van der Waals surface area contributed by atoms with Crippen LogP contribution in [0.5, 0.6) is 0 Å². The minimum atomic E-state index is -0.636. The largest absolute Gasteiger partial charge is 0.396 e. The number of hydrogen-bond donors (Lipinski definition) is 2. The molecule has 2 aromatic carbocycles. The molecule has 0 saturated carbocycles. The average Bonchev–Trinajstić information content (AvgIpc) is 3.02. The third-order valence-corrected chi connectivity index (χ3v) is 6.70. The highest BCUT2D eigenvalue weighted by Gasteiger charge is 2.36. The van der Waals surface area contributed by atoms with Crippen molar-refractivity contribution in [3.63, 3.8) is 0 Å². The Morgan fingerprint density at radius 3 is 2.58 bits per heavy atom. The van der Waals surface area contributed by atoms with E-state index in [2.05, 4.69) is 5.32 Å². The first-order valence-electron chi connectivity index (χ1n) is 9.84. The molecule has 1 aliphatic rings. The second kappa shape index (κ2) is 10.6. The number of nitro groups is 1. The van der Waals surface area contributed by atoms with Crippen LogP contribution in [0.25, 0.3) is 6.08 Å². The molecule has 0 spiro atoms. The molecule has 11 heteroatoms. The smallest absolute Gasteiger partial charge is 0.294 e. The number of carbonyl (C=O) groups is 3. The van der Waals surface area contributed by atoms with Crippen molar-refractivity contribution in [1.29, 1.82) is 0 Å². The van der Waals surface area contributed by atoms with E-state index in [9.17, 15) is 24.5 Å². The van der Waals surface area contributed by atoms with Gasteiger partial charge in [0.2, 0.25) is 5.91 Å². The van der Waals surface area contributed by atoms with Gasteiger partial charge in [0.25, 0.3) is 16.8 Å². The van der Waals surface area contributed by atoms with E-state index in [0.29, 0.717) is 33.7 Å². The van der Waals surface area contributed by atoms with E-state index >= 15 is 0 Å². The fourth-order valence-electron chi connectivity index (χ4n) is 3.17. The monoisotopic (exact) mass is 487 g/mol. The normalized spacial score (nSPS) is 14.8. The molecular formula is C22H21N3O6S2. The van der Waals surface area contributed by atoms with Gasteiger partial charge in [-0.3, -0.25) is 29.4 Å². The number of nitro benzene ring substituents is 1. The molecule has 0 aromatic heterocycles. The van der Waals surface area contributed by atoms with Crippen LogP contribution in [-0.2, 0) is 9.59 Å². The third-order valence-electron chi connectivity index (χ3n) is 4.75. The second-order valence-electron chi connectivity index (χ2n) is 7.14. The van der Waals surface area contributed by atoms with Crippen molar-refractivity contribution in [3.05, 3.63) is 68.1 Å². The summed E-state index contributed by atoms with van der Waals surface area (Å²) in [5.74, 6) is -0.830. The number of para-hydroxylation sites is 1. The molecule has 0 aliphatic carbocycles. The number of nitrogens with zero attached hydrogens (tertiary/aromatic N) is 2. The number of anilines is 1. The first-order valence-corrected chi connectivity index (χ1v) is 11.6. The van der Waals surface area contributed by atoms with Crippen LogP contribution >= 0.6 is 23.5 Å². The van der Waals surface area contributed by atoms with Gasteiger partial charge in [-0.2, -0.15) is 0 Å². The molecular weight excluding hydrogens is 466 g/mol. The van der Waals surface area contributed by atoms with Crippen molar-refractivity contribution in [2.45, 2.75) is 18.7 Å². The number of carbonyl (C=O) groups excluding carboxylic acids is 3. The standard InChI is InChI=1S/C22H21N3O6S2/c1-13-4-3-5-14(2)20(13)23-19(27)12-24-21(28)18(33-22(24)29)11-15-6-7-17(32-9-8-26)16(10-15)25(30)31/h3-7,10-11,26H,8-9,12H2,1-2H3,(H,23,27)/b18-11-. The Morgan fingerprint density at radius 1 is 1.24 bits per heavy atom. The van der Waals surface area contributed by atoms with Crippen molar-refractivity contribution in [3.8, 4) is 0 Å². The fraction of sp³-hybridized carbons (Fsp3) is 0.227. The van der Waals surface area contributed by atoms with E-state index < -0.39 is 28.5 Å². The van der Waals surface area contributed by atoms with Gasteiger partial charge in [0, 0.05) is 17.5 Å². The number of aliphatic hydroxyl groups excluding tert-OH is 1. The Morgan fingerprint density at radius 2 is 1.94 bits per heavy atom. The number of hydrogen-bond acceptors (Lipinski definition) is 8. The lowest BCUT2D eigenvalue weighted by Crippen LogP contribution is -2.36. The molecule has 0 atom stereocenters. The molecule has 0 unspecified atom stereocenters. The first kappa shape index (κ1) is 24.5. The van der Waals surface area contributed by atoms with Gasteiger partial charge in [-0.25, -0.2) is 0 Å². The minimum absolute atomic E-state index is 0.0740. The Labute approximate surface area is 198 Å². The first-order chi connectivity index (χ1) is 15.7. The van der Waals surface area contributed by atoms with Crippen LogP contribution in [0.2, 0.25) is 0 Å². The van der Waals surface area contributed by atoms with E-state index in [0.717, 1.165) is 27.8 Å². The number of amides is 3. The highest BCUT2D eigenvalue weighted by atomic mass is 32.2. The summed E-state index contributed by atoms with van der Waals surface area (Å²) >= 11 is 1.82. The predicted molar refractivity (Wildman–Crippen MR) is 128 cm³/mol. The zero-order chi connectivity index (χ0) is 24.1. The summed E-state index contributed by atoms with van der Waals surface area (Å²) in [6.07, 6.45) is 1.39. The molecule has 0 radical (unpaired) electrons. The van der Waals surface area contributed by atoms with Crippen LogP contribution < -0.4 is 5.32 Å². The van der Waals surface area contributed by atoms with Gasteiger partial charge in [0.05, 0.1) is 21.3 Å². The Bertz CT molecular complexity index is 1140. The van der Waals surface area contributed by atoms with Gasteiger partial charge in [0.1, 0.15) is 6.54 Å². The lowest BCUT2D eigenvalue weighted by Gasteiger charge is -2.15. The van der Waals surface area contributed by atoms with Crippen LogP contribution in [-0.4, -0.2) is 50.9 Å². The summed E-state index contributed by atoms with van der Waals surface area (Å²) in [6, 6.07) is 9.99. The molecule has 1 aliphatic heterocycles. The van der Waals surface area contributed by atoms with E-state index in [1.807, 2.05) is 32.0 Å². The molecule has 1 heterocycles. The van der Waals surface area contributed by atoms with Crippen molar-refractivity contribution < 1.29 is 24.4 Å². The number of aryl methyl sites for hydroxylation is 2. The molecule has 2 aromatic rings. The zero-order valence-corrected chi connectivity index (χ0v) is 19.5. The van der Waals surface area contributed by atoms with Crippen LogP contribution in [0.3, 0.4) is 0 Å². The quantitative estimate of drug-likeness (QED) is 0.248. The maximum absolute atomic E-state index is 12.7. The van der Waals surface area contributed by atoms with Gasteiger partial charge in [-0.1, -0.05) is 24.3 Å². The highest BCUT2D eigenvalue weighted by Crippen LogP contribution is 2.35. The SMILES string of the molecule is Cc1cccc(C)c1NC(=O)CN1C(=O)S/C(=C\c2ccc(SCCO)c([N+](=O)[O-])c2)C1=O. The van der Waals surface area contributed by atoms with Gasteiger partial charge < -0.3 is 10.4 Å². The summed E-state index contributed by atoms with van der Waals surface area (Å²) in [5, 5.41) is 22.5. The molecule has 1 saturated heterocycles. The summed E-state index contributed by atoms with van der Waals surface area (Å²) < 4.78 is 0. The zero-order valence-electron chi connectivity index (χ0n) is 17.9. The maximum atomic E-state index is 12.7. The number of benzene rings is 2. The Hall–Kier alpha value is -3.15. The Kier molecular flexibility index (Phi) is 7.90. The molecule has 33 heavy (non-hydrogen) atoms. The average molecular weight is 488 g/mol. The van der Waals surface area contributed by atoms with E-state index in [-0.39, 0.29) is 17.2 Å². The number of imide groups is 1. The van der Waals surface area contributed by atoms with E-state index in [1.54, 1.807) is 6.07 Å². The van der Waals surface area contributed by atoms with Gasteiger partial charge in [0.15, 0.2) is 0 Å². The van der Waals surface area contributed by atoms with Gasteiger partial charge >= 0.3 is 0 Å². The van der Waals surface area contributed by atoms with Crippen molar-refractivity contribution in [2.75, 3.05) is 24.2 Å². The fourth-order valence-corrected chi connectivity index (χ4v) is 4.76. The summed E-state index contributed by atoms with van der Waals surface area (Å²) in [7, 11) is 0. The lowest BCUT2D eigenvalue weighted by molar-refractivity contribution is -0.387. The van der Waals surface area contributed by atoms with Crippen LogP contribution in [0.4, 0.5) is 16.2 Å². The van der Waals surface area contributed by atoms with Crippen LogP contribution in [0.15, 0.2) is 46.2 Å². The molecule has 2 N–H and O–H groups in total. The molecule has 0 bridgehead atoms. The predicted octanol–water partition coefficient (Wildman–Crippen LogP) is 3.97. The molecule has 3 rings (SSSR count). The lowest BCUT2D eigenvalue weighted by atomic mass is 10.1. The summed E-state index contributed by atoms with van der Waals surface area (Å²) in [4.78, 5) is 49.8. The maximum Gasteiger partial charge on any atom is 0.294 e. The third kappa shape index (κ3) is 5.81. The number of rotatable bonds is 8. The van der Waals surface area contributed by atoms with Crippen LogP contribution in [0.1, 0.15) is 16.7 Å². The molecule has 9 nitrogen and oxygen atoms in total. The van der Waals surface area contributed by atoms with Crippen molar-refractivity contribution in [1.82, 2.24) is 4.90 Å².